The van der Waals surface area contributed by atoms with E-state index in [0.29, 0.717) is 0 Å². The van der Waals surface area contributed by atoms with Crippen LogP contribution in [0.25, 0.3) is 22.8 Å². The maximum Gasteiger partial charge on any atom is 0.176 e. The molecule has 1 aromatic carbocycles. The van der Waals surface area contributed by atoms with Crippen molar-refractivity contribution in [3.63, 3.8) is 0 Å². The summed E-state index contributed by atoms with van der Waals surface area (Å²) in [6, 6.07) is 10.1. The zero-order valence-electron chi connectivity index (χ0n) is 10.0. The molecule has 0 atom stereocenters. The van der Waals surface area contributed by atoms with Gasteiger partial charge in [0.2, 0.25) is 0 Å². The van der Waals surface area contributed by atoms with Crippen LogP contribution in [0.3, 0.4) is 0 Å². The molecule has 1 N–H and O–H groups in total. The third-order valence-corrected chi connectivity index (χ3v) is 2.83. The van der Waals surface area contributed by atoms with Gasteiger partial charge in [0.05, 0.1) is 12.0 Å². The fourth-order valence-electron chi connectivity index (χ4n) is 1.97. The summed E-state index contributed by atoms with van der Waals surface area (Å²) in [5, 5.41) is 4.18. The lowest BCUT2D eigenvalue weighted by molar-refractivity contribution is 0.664. The molecule has 0 fully saturated rings. The molecular weight excluding hydrogens is 226 g/mol. The Morgan fingerprint density at radius 1 is 1.17 bits per heavy atom. The lowest BCUT2D eigenvalue weighted by Crippen LogP contribution is -2.00. The fraction of sp³-hybridized carbons (Fsp3) is 0.154. The molecule has 0 saturated heterocycles. The molecule has 5 nitrogen and oxygen atoms in total. The second-order valence-electron chi connectivity index (χ2n) is 3.89. The minimum Gasteiger partial charge on any atom is -0.341 e. The number of benzene rings is 1. The summed E-state index contributed by atoms with van der Waals surface area (Å²) in [6.45, 7) is 2.82. The van der Waals surface area contributed by atoms with E-state index in [1.54, 1.807) is 12.7 Å². The monoisotopic (exact) mass is 239 g/mol. The molecule has 3 rings (SSSR count). The van der Waals surface area contributed by atoms with E-state index in [-0.39, 0.29) is 0 Å². The third-order valence-electron chi connectivity index (χ3n) is 2.83. The summed E-state index contributed by atoms with van der Waals surface area (Å²) < 4.78 is 1.85. The van der Waals surface area contributed by atoms with Crippen molar-refractivity contribution in [1.29, 1.82) is 0 Å². The predicted octanol–water partition coefficient (Wildman–Crippen LogP) is 2.36. The van der Waals surface area contributed by atoms with E-state index in [2.05, 4.69) is 20.1 Å². The van der Waals surface area contributed by atoms with Crippen LogP contribution in [0.4, 0.5) is 0 Å². The van der Waals surface area contributed by atoms with E-state index in [0.717, 1.165) is 29.3 Å². The Morgan fingerprint density at radius 2 is 2.00 bits per heavy atom. The SMILES string of the molecule is CCn1ncnc1-c1[nH]cnc1-c1ccccc1. The van der Waals surface area contributed by atoms with Gasteiger partial charge in [0.25, 0.3) is 0 Å². The predicted molar refractivity (Wildman–Crippen MR) is 68.7 cm³/mol. The van der Waals surface area contributed by atoms with Crippen LogP contribution in [0.2, 0.25) is 0 Å². The highest BCUT2D eigenvalue weighted by molar-refractivity contribution is 5.74. The molecule has 3 aromatic rings. The van der Waals surface area contributed by atoms with Crippen LogP contribution in [0.1, 0.15) is 6.92 Å². The van der Waals surface area contributed by atoms with Gasteiger partial charge in [0.1, 0.15) is 12.0 Å². The molecule has 0 aliphatic heterocycles. The first-order valence-electron chi connectivity index (χ1n) is 5.87. The van der Waals surface area contributed by atoms with Crippen molar-refractivity contribution in [2.24, 2.45) is 0 Å². The topological polar surface area (TPSA) is 59.4 Å². The van der Waals surface area contributed by atoms with Gasteiger partial charge in [0.15, 0.2) is 5.82 Å². The Balaban J connectivity index is 2.13. The fourth-order valence-corrected chi connectivity index (χ4v) is 1.97. The van der Waals surface area contributed by atoms with Crippen LogP contribution in [0, 0.1) is 0 Å². The molecule has 2 heterocycles. The number of rotatable bonds is 3. The number of H-pyrrole nitrogens is 1. The van der Waals surface area contributed by atoms with Gasteiger partial charge < -0.3 is 4.98 Å². The van der Waals surface area contributed by atoms with Crippen LogP contribution in [0.5, 0.6) is 0 Å². The summed E-state index contributed by atoms with van der Waals surface area (Å²) in [5.74, 6) is 0.814. The Labute approximate surface area is 105 Å². The highest BCUT2D eigenvalue weighted by Crippen LogP contribution is 2.26. The van der Waals surface area contributed by atoms with Crippen molar-refractivity contribution in [2.45, 2.75) is 13.5 Å². The minimum atomic E-state index is 0.780. The zero-order chi connectivity index (χ0) is 12.4. The molecule has 90 valence electrons. The maximum absolute atomic E-state index is 4.38. The maximum atomic E-state index is 4.38. The first-order valence-corrected chi connectivity index (χ1v) is 5.87. The number of aryl methyl sites for hydroxylation is 1. The molecule has 5 heteroatoms. The lowest BCUT2D eigenvalue weighted by Gasteiger charge is -2.03. The van der Waals surface area contributed by atoms with Gasteiger partial charge >= 0.3 is 0 Å². The standard InChI is InChI=1S/C13H13N5/c1-2-18-13(16-9-17-18)12-11(14-8-15-12)10-6-4-3-5-7-10/h3-9H,2H2,1H3,(H,14,15). The number of aromatic nitrogens is 5. The van der Waals surface area contributed by atoms with Gasteiger partial charge in [0, 0.05) is 12.1 Å². The zero-order valence-corrected chi connectivity index (χ0v) is 10.0. The van der Waals surface area contributed by atoms with Crippen molar-refractivity contribution in [2.75, 3.05) is 0 Å². The van der Waals surface area contributed by atoms with Gasteiger partial charge in [-0.15, -0.1) is 0 Å². The molecule has 0 saturated carbocycles. The molecule has 0 bridgehead atoms. The summed E-state index contributed by atoms with van der Waals surface area (Å²) in [7, 11) is 0. The lowest BCUT2D eigenvalue weighted by atomic mass is 10.1. The molecule has 0 amide bonds. The van der Waals surface area contributed by atoms with Gasteiger partial charge in [-0.25, -0.2) is 14.6 Å². The summed E-state index contributed by atoms with van der Waals surface area (Å²) in [4.78, 5) is 11.8. The van der Waals surface area contributed by atoms with E-state index in [1.165, 1.54) is 0 Å². The van der Waals surface area contributed by atoms with Crippen molar-refractivity contribution >= 4 is 0 Å². The van der Waals surface area contributed by atoms with Crippen LogP contribution in [-0.4, -0.2) is 24.7 Å². The van der Waals surface area contributed by atoms with Gasteiger partial charge in [-0.3, -0.25) is 0 Å². The number of imidazole rings is 1. The largest absolute Gasteiger partial charge is 0.341 e. The normalized spacial score (nSPS) is 10.7. The van der Waals surface area contributed by atoms with Crippen molar-refractivity contribution < 1.29 is 0 Å². The molecule has 0 radical (unpaired) electrons. The first kappa shape index (κ1) is 10.7. The van der Waals surface area contributed by atoms with E-state index < -0.39 is 0 Å². The molecule has 0 aliphatic rings. The van der Waals surface area contributed by atoms with E-state index in [4.69, 9.17) is 0 Å². The van der Waals surface area contributed by atoms with Gasteiger partial charge in [-0.05, 0) is 6.92 Å². The number of nitrogens with zero attached hydrogens (tertiary/aromatic N) is 4. The Bertz CT molecular complexity index is 638. The smallest absolute Gasteiger partial charge is 0.176 e. The second kappa shape index (κ2) is 4.44. The summed E-state index contributed by atoms with van der Waals surface area (Å²) >= 11 is 0. The summed E-state index contributed by atoms with van der Waals surface area (Å²) in [5.41, 5.74) is 2.87. The molecule has 2 aromatic heterocycles. The highest BCUT2D eigenvalue weighted by atomic mass is 15.3. The quantitative estimate of drug-likeness (QED) is 0.763. The van der Waals surface area contributed by atoms with Crippen molar-refractivity contribution in [1.82, 2.24) is 24.7 Å². The van der Waals surface area contributed by atoms with Crippen LogP contribution >= 0.6 is 0 Å². The molecule has 0 aliphatic carbocycles. The average Bonchev–Trinajstić information content (AvgIpc) is 3.07. The molecule has 0 spiro atoms. The average molecular weight is 239 g/mol. The third kappa shape index (κ3) is 1.69. The van der Waals surface area contributed by atoms with Gasteiger partial charge in [-0.1, -0.05) is 30.3 Å². The van der Waals surface area contributed by atoms with E-state index >= 15 is 0 Å². The summed E-state index contributed by atoms with van der Waals surface area (Å²) in [6.07, 6.45) is 3.25. The van der Waals surface area contributed by atoms with Gasteiger partial charge in [-0.2, -0.15) is 5.10 Å². The van der Waals surface area contributed by atoms with Crippen molar-refractivity contribution in [3.8, 4) is 22.8 Å². The van der Waals surface area contributed by atoms with Crippen molar-refractivity contribution in [3.05, 3.63) is 43.0 Å². The Kier molecular flexibility index (Phi) is 2.64. The van der Waals surface area contributed by atoms with Crippen LogP contribution < -0.4 is 0 Å². The van der Waals surface area contributed by atoms with E-state index in [1.807, 2.05) is 41.9 Å². The Morgan fingerprint density at radius 3 is 2.78 bits per heavy atom. The number of hydrogen-bond donors (Lipinski definition) is 1. The molecule has 0 unspecified atom stereocenters. The van der Waals surface area contributed by atoms with E-state index in [9.17, 15) is 0 Å². The first-order chi connectivity index (χ1) is 8.90. The molecular formula is C13H13N5. The highest BCUT2D eigenvalue weighted by Gasteiger charge is 2.14. The van der Waals surface area contributed by atoms with Crippen LogP contribution in [-0.2, 0) is 6.54 Å². The number of hydrogen-bond acceptors (Lipinski definition) is 3. The minimum absolute atomic E-state index is 0.780. The Hall–Kier alpha value is -2.43. The molecule has 18 heavy (non-hydrogen) atoms. The second-order valence-corrected chi connectivity index (χ2v) is 3.89. The number of nitrogens with one attached hydrogen (secondary N) is 1. The number of aromatic amines is 1. The van der Waals surface area contributed by atoms with Crippen LogP contribution in [0.15, 0.2) is 43.0 Å².